The van der Waals surface area contributed by atoms with E-state index in [-0.39, 0.29) is 12.3 Å². The summed E-state index contributed by atoms with van der Waals surface area (Å²) in [6.45, 7) is 2.21. The third-order valence-electron chi connectivity index (χ3n) is 5.26. The number of carbonyl (C=O) groups is 3. The van der Waals surface area contributed by atoms with Crippen LogP contribution in [-0.4, -0.2) is 51.6 Å². The van der Waals surface area contributed by atoms with Crippen molar-refractivity contribution in [2.75, 3.05) is 11.9 Å². The van der Waals surface area contributed by atoms with E-state index < -0.39 is 29.9 Å². The number of aromatic nitrogens is 1. The van der Waals surface area contributed by atoms with Crippen LogP contribution >= 0.6 is 11.3 Å². The average molecular weight is 437 g/mol. The van der Waals surface area contributed by atoms with Crippen LogP contribution in [0.15, 0.2) is 24.3 Å². The number of unbranched alkanes of at least 4 members (excludes halogenated alkanes) is 1. The second kappa shape index (κ2) is 9.94. The van der Waals surface area contributed by atoms with Crippen LogP contribution in [0.5, 0.6) is 0 Å². The fourth-order valence-corrected chi connectivity index (χ4v) is 4.56. The molecular formula is C20H25FN4O4S. The number of nitrogens with one attached hydrogen (secondary N) is 2. The molecule has 162 valence electrons. The largest absolute Gasteiger partial charge is 0.330 e. The normalized spacial score (nSPS) is 18.2. The molecule has 1 saturated heterocycles. The van der Waals surface area contributed by atoms with Crippen LogP contribution in [0.1, 0.15) is 39.0 Å². The molecule has 1 aliphatic rings. The molecule has 3 atom stereocenters. The number of nitrogens with zero attached hydrogens (tertiary/aromatic N) is 2. The van der Waals surface area contributed by atoms with Gasteiger partial charge in [-0.15, -0.1) is 0 Å². The van der Waals surface area contributed by atoms with E-state index in [9.17, 15) is 18.8 Å². The molecule has 1 aliphatic heterocycles. The molecule has 30 heavy (non-hydrogen) atoms. The van der Waals surface area contributed by atoms with Crippen LogP contribution in [0.3, 0.4) is 0 Å². The highest BCUT2D eigenvalue weighted by Gasteiger charge is 2.41. The van der Waals surface area contributed by atoms with Gasteiger partial charge in [0, 0.05) is 6.54 Å². The summed E-state index contributed by atoms with van der Waals surface area (Å²) in [5, 5.41) is 12.0. The highest BCUT2D eigenvalue weighted by atomic mass is 32.1. The fourth-order valence-electron chi connectivity index (χ4n) is 3.69. The Labute approximate surface area is 177 Å². The number of hydrogen-bond donors (Lipinski definition) is 3. The number of halogens is 1. The summed E-state index contributed by atoms with van der Waals surface area (Å²) in [5.41, 5.74) is 2.05. The maximum Gasteiger partial charge on any atom is 0.278 e. The van der Waals surface area contributed by atoms with E-state index in [1.807, 2.05) is 31.2 Å². The van der Waals surface area contributed by atoms with E-state index in [0.717, 1.165) is 16.6 Å². The topological polar surface area (TPSA) is 112 Å². The van der Waals surface area contributed by atoms with Gasteiger partial charge in [-0.25, -0.2) is 14.9 Å². The van der Waals surface area contributed by atoms with Gasteiger partial charge in [-0.2, -0.15) is 0 Å². The predicted octanol–water partition coefficient (Wildman–Crippen LogP) is 2.88. The van der Waals surface area contributed by atoms with Crippen molar-refractivity contribution < 1.29 is 24.0 Å². The lowest BCUT2D eigenvalue weighted by molar-refractivity contribution is -0.148. The molecule has 0 aliphatic carbocycles. The second-order valence-corrected chi connectivity index (χ2v) is 8.32. The molecule has 8 nitrogen and oxygen atoms in total. The Hall–Kier alpha value is -2.59. The smallest absolute Gasteiger partial charge is 0.278 e. The molecule has 0 radical (unpaired) electrons. The van der Waals surface area contributed by atoms with Gasteiger partial charge < -0.3 is 10.2 Å². The van der Waals surface area contributed by atoms with Crippen LogP contribution in [0, 0.1) is 5.92 Å². The molecule has 0 saturated carbocycles. The van der Waals surface area contributed by atoms with Crippen molar-refractivity contribution in [1.29, 1.82) is 0 Å². The first-order valence-corrected chi connectivity index (χ1v) is 10.8. The number of para-hydroxylation sites is 1. The summed E-state index contributed by atoms with van der Waals surface area (Å²) in [4.78, 5) is 43.2. The molecule has 2 aromatic rings. The number of amides is 3. The number of anilines is 1. The molecule has 3 rings (SSSR count). The summed E-state index contributed by atoms with van der Waals surface area (Å²) >= 11 is 1.34. The van der Waals surface area contributed by atoms with Crippen LogP contribution < -0.4 is 10.8 Å². The molecule has 0 bridgehead atoms. The Kier molecular flexibility index (Phi) is 7.33. The third kappa shape index (κ3) is 4.76. The number of fused-ring (bicyclic) bond motifs is 1. The van der Waals surface area contributed by atoms with Crippen molar-refractivity contribution in [3.8, 4) is 0 Å². The SMILES string of the molecule is CCCC[C@@H](C(=O)N1CCCC1C(=O)Nc1nc2ccccc2s1)[C@H](F)C(=O)NO. The number of thiazole rings is 1. The van der Waals surface area contributed by atoms with Gasteiger partial charge in [-0.05, 0) is 31.4 Å². The molecule has 2 heterocycles. The van der Waals surface area contributed by atoms with Gasteiger partial charge >= 0.3 is 0 Å². The fraction of sp³-hybridized carbons (Fsp3) is 0.500. The Morgan fingerprint density at radius 2 is 2.13 bits per heavy atom. The van der Waals surface area contributed by atoms with Crippen LogP contribution in [0.25, 0.3) is 10.2 Å². The van der Waals surface area contributed by atoms with Gasteiger partial charge in [0.25, 0.3) is 5.91 Å². The standard InChI is InChI=1S/C20H25FN4O4S/c1-2-3-7-12(16(21)18(27)24-29)19(28)25-11-6-9-14(25)17(26)23-20-22-13-8-4-5-10-15(13)30-20/h4-5,8,10,12,14,16,29H,2-3,6-7,9,11H2,1H3,(H,24,27)(H,22,23,26)/t12-,14?,16+/m1/s1. The number of hydroxylamine groups is 1. The van der Waals surface area contributed by atoms with E-state index in [1.165, 1.54) is 21.7 Å². The molecule has 0 spiro atoms. The quantitative estimate of drug-likeness (QED) is 0.435. The van der Waals surface area contributed by atoms with E-state index >= 15 is 0 Å². The van der Waals surface area contributed by atoms with E-state index in [0.29, 0.717) is 30.9 Å². The van der Waals surface area contributed by atoms with E-state index in [1.54, 1.807) is 0 Å². The van der Waals surface area contributed by atoms with Crippen LogP contribution in [-0.2, 0) is 14.4 Å². The maximum absolute atomic E-state index is 14.6. The lowest BCUT2D eigenvalue weighted by Crippen LogP contribution is -2.49. The molecule has 10 heteroatoms. The summed E-state index contributed by atoms with van der Waals surface area (Å²) in [6, 6.07) is 6.74. The number of benzene rings is 1. The van der Waals surface area contributed by atoms with Crippen molar-refractivity contribution in [3.05, 3.63) is 24.3 Å². The highest BCUT2D eigenvalue weighted by molar-refractivity contribution is 7.22. The number of likely N-dealkylation sites (tertiary alicyclic amines) is 1. The van der Waals surface area contributed by atoms with E-state index in [4.69, 9.17) is 5.21 Å². The lowest BCUT2D eigenvalue weighted by atomic mass is 9.94. The van der Waals surface area contributed by atoms with Crippen LogP contribution in [0.2, 0.25) is 0 Å². The van der Waals surface area contributed by atoms with Crippen molar-refractivity contribution >= 4 is 44.4 Å². The Bertz CT molecular complexity index is 888. The van der Waals surface area contributed by atoms with Crippen LogP contribution in [0.4, 0.5) is 9.52 Å². The van der Waals surface area contributed by atoms with Gasteiger partial charge in [0.05, 0.1) is 16.1 Å². The molecule has 1 aromatic carbocycles. The van der Waals surface area contributed by atoms with Crippen molar-refractivity contribution in [3.63, 3.8) is 0 Å². The highest BCUT2D eigenvalue weighted by Crippen LogP contribution is 2.29. The third-order valence-corrected chi connectivity index (χ3v) is 6.21. The summed E-state index contributed by atoms with van der Waals surface area (Å²) in [7, 11) is 0. The minimum Gasteiger partial charge on any atom is -0.330 e. The van der Waals surface area contributed by atoms with Gasteiger partial charge in [0.1, 0.15) is 6.04 Å². The molecule has 3 N–H and O–H groups in total. The zero-order chi connectivity index (χ0) is 21.7. The lowest BCUT2D eigenvalue weighted by Gasteiger charge is -2.29. The van der Waals surface area contributed by atoms with Gasteiger partial charge in [-0.3, -0.25) is 19.6 Å². The van der Waals surface area contributed by atoms with Gasteiger partial charge in [0.15, 0.2) is 11.3 Å². The zero-order valence-electron chi connectivity index (χ0n) is 16.6. The van der Waals surface area contributed by atoms with Crippen molar-refractivity contribution in [1.82, 2.24) is 15.4 Å². The number of carbonyl (C=O) groups excluding carboxylic acids is 3. The monoisotopic (exact) mass is 436 g/mol. The molecule has 3 amide bonds. The maximum atomic E-state index is 14.6. The number of rotatable bonds is 8. The molecule has 1 aromatic heterocycles. The second-order valence-electron chi connectivity index (χ2n) is 7.29. The number of alkyl halides is 1. The van der Waals surface area contributed by atoms with E-state index in [2.05, 4.69) is 10.3 Å². The molecule has 1 fully saturated rings. The minimum absolute atomic E-state index is 0.159. The van der Waals surface area contributed by atoms with Gasteiger partial charge in [-0.1, -0.05) is 43.2 Å². The Morgan fingerprint density at radius 1 is 1.37 bits per heavy atom. The summed E-state index contributed by atoms with van der Waals surface area (Å²) in [6.07, 6.45) is 0.305. The minimum atomic E-state index is -2.18. The first kappa shape index (κ1) is 22.1. The summed E-state index contributed by atoms with van der Waals surface area (Å²) in [5.74, 6) is -3.45. The molecule has 1 unspecified atom stereocenters. The van der Waals surface area contributed by atoms with Crippen molar-refractivity contribution in [2.45, 2.75) is 51.2 Å². The molecular weight excluding hydrogens is 411 g/mol. The Morgan fingerprint density at radius 3 is 2.83 bits per heavy atom. The zero-order valence-corrected chi connectivity index (χ0v) is 17.5. The van der Waals surface area contributed by atoms with Gasteiger partial charge in [0.2, 0.25) is 11.8 Å². The summed E-state index contributed by atoms with van der Waals surface area (Å²) < 4.78 is 15.5. The Balaban J connectivity index is 1.74. The predicted molar refractivity (Wildman–Crippen MR) is 111 cm³/mol. The first-order valence-electron chi connectivity index (χ1n) is 10.0. The average Bonchev–Trinajstić information content (AvgIpc) is 3.39. The first-order chi connectivity index (χ1) is 14.5. The number of hydrogen-bond acceptors (Lipinski definition) is 6. The van der Waals surface area contributed by atoms with Crippen molar-refractivity contribution in [2.24, 2.45) is 5.92 Å².